The zero-order valence-electron chi connectivity index (χ0n) is 18.7. The van der Waals surface area contributed by atoms with Gasteiger partial charge in [-0.05, 0) is 48.7 Å². The maximum Gasteiger partial charge on any atom is 0.416 e. The third-order valence-electron chi connectivity index (χ3n) is 6.37. The SMILES string of the molecule is COc1ccc(Cn2c(=O)n(C3(COC(C)=O)CCCC3)c3ccc(C(F)(F)F)cc32)cc1Cl. The van der Waals surface area contributed by atoms with E-state index in [1.807, 2.05) is 0 Å². The van der Waals surface area contributed by atoms with E-state index in [4.69, 9.17) is 21.1 Å². The van der Waals surface area contributed by atoms with Gasteiger partial charge in [-0.15, -0.1) is 0 Å². The first-order chi connectivity index (χ1) is 16.1. The monoisotopic (exact) mass is 496 g/mol. The lowest BCUT2D eigenvalue weighted by molar-refractivity contribution is -0.144. The number of carbonyl (C=O) groups excluding carboxylic acids is 1. The second-order valence-corrected chi connectivity index (χ2v) is 8.99. The Kier molecular flexibility index (Phi) is 6.42. The van der Waals surface area contributed by atoms with Gasteiger partial charge in [0.15, 0.2) is 0 Å². The Labute approximate surface area is 198 Å². The quantitative estimate of drug-likeness (QED) is 0.431. The van der Waals surface area contributed by atoms with Crippen LogP contribution >= 0.6 is 11.6 Å². The van der Waals surface area contributed by atoms with Gasteiger partial charge in [-0.2, -0.15) is 13.2 Å². The molecule has 182 valence electrons. The van der Waals surface area contributed by atoms with Gasteiger partial charge in [0.1, 0.15) is 12.4 Å². The molecule has 0 saturated heterocycles. The van der Waals surface area contributed by atoms with Crippen LogP contribution in [0.2, 0.25) is 5.02 Å². The summed E-state index contributed by atoms with van der Waals surface area (Å²) in [4.78, 5) is 25.3. The lowest BCUT2D eigenvalue weighted by atomic mass is 9.98. The number of hydrogen-bond donors (Lipinski definition) is 0. The molecule has 4 rings (SSSR count). The summed E-state index contributed by atoms with van der Waals surface area (Å²) in [6.07, 6.45) is -1.78. The number of halogens is 4. The molecule has 1 fully saturated rings. The van der Waals surface area contributed by atoms with E-state index in [-0.39, 0.29) is 18.7 Å². The van der Waals surface area contributed by atoms with Crippen LogP contribution in [0.15, 0.2) is 41.2 Å². The van der Waals surface area contributed by atoms with Crippen LogP contribution in [0.25, 0.3) is 11.0 Å². The molecule has 0 bridgehead atoms. The molecule has 0 spiro atoms. The number of esters is 1. The number of fused-ring (bicyclic) bond motifs is 1. The molecule has 3 aromatic rings. The maximum atomic E-state index is 13.7. The largest absolute Gasteiger partial charge is 0.495 e. The number of ether oxygens (including phenoxy) is 2. The summed E-state index contributed by atoms with van der Waals surface area (Å²) in [5.74, 6) is -0.0267. The van der Waals surface area contributed by atoms with E-state index < -0.39 is 28.9 Å². The van der Waals surface area contributed by atoms with Crippen LogP contribution < -0.4 is 10.4 Å². The van der Waals surface area contributed by atoms with Crippen LogP contribution in [0.1, 0.15) is 43.7 Å². The summed E-state index contributed by atoms with van der Waals surface area (Å²) in [5, 5.41) is 0.329. The van der Waals surface area contributed by atoms with Crippen molar-refractivity contribution in [2.45, 2.75) is 50.9 Å². The number of imidazole rings is 1. The molecule has 10 heteroatoms. The fourth-order valence-electron chi connectivity index (χ4n) is 4.74. The number of hydrogen-bond acceptors (Lipinski definition) is 4. The van der Waals surface area contributed by atoms with E-state index in [0.29, 0.717) is 34.7 Å². The predicted octanol–water partition coefficient (Wildman–Crippen LogP) is 5.36. The maximum absolute atomic E-state index is 13.7. The lowest BCUT2D eigenvalue weighted by Crippen LogP contribution is -2.43. The summed E-state index contributed by atoms with van der Waals surface area (Å²) in [5.41, 5.74) is -0.976. The molecule has 2 aromatic carbocycles. The summed E-state index contributed by atoms with van der Waals surface area (Å²) in [6.45, 7) is 1.28. The number of methoxy groups -OCH3 is 1. The summed E-state index contributed by atoms with van der Waals surface area (Å²) in [6, 6.07) is 8.26. The molecule has 0 amide bonds. The van der Waals surface area contributed by atoms with Gasteiger partial charge < -0.3 is 9.47 Å². The lowest BCUT2D eigenvalue weighted by Gasteiger charge is -2.30. The van der Waals surface area contributed by atoms with Gasteiger partial charge >= 0.3 is 17.8 Å². The first-order valence-electron chi connectivity index (χ1n) is 10.8. The van der Waals surface area contributed by atoms with Crippen LogP contribution in [0.4, 0.5) is 13.2 Å². The molecule has 34 heavy (non-hydrogen) atoms. The second-order valence-electron chi connectivity index (χ2n) is 8.59. The average Bonchev–Trinajstić information content (AvgIpc) is 3.35. The highest BCUT2D eigenvalue weighted by Crippen LogP contribution is 2.39. The van der Waals surface area contributed by atoms with Crippen molar-refractivity contribution in [3.05, 3.63) is 63.0 Å². The normalized spacial score (nSPS) is 15.6. The van der Waals surface area contributed by atoms with Crippen molar-refractivity contribution in [1.29, 1.82) is 0 Å². The minimum Gasteiger partial charge on any atom is -0.495 e. The first-order valence-corrected chi connectivity index (χ1v) is 11.2. The van der Waals surface area contributed by atoms with Gasteiger partial charge in [0.2, 0.25) is 0 Å². The van der Waals surface area contributed by atoms with Crippen LogP contribution in [-0.4, -0.2) is 28.8 Å². The van der Waals surface area contributed by atoms with E-state index >= 15 is 0 Å². The zero-order chi connectivity index (χ0) is 24.7. The predicted molar refractivity (Wildman–Crippen MR) is 121 cm³/mol. The molecule has 1 saturated carbocycles. The van der Waals surface area contributed by atoms with Crippen LogP contribution in [0.5, 0.6) is 5.75 Å². The molecule has 6 nitrogen and oxygen atoms in total. The Morgan fingerprint density at radius 1 is 1.12 bits per heavy atom. The Morgan fingerprint density at radius 2 is 1.82 bits per heavy atom. The van der Waals surface area contributed by atoms with Gasteiger partial charge in [0.25, 0.3) is 0 Å². The van der Waals surface area contributed by atoms with E-state index in [9.17, 15) is 22.8 Å². The summed E-state index contributed by atoms with van der Waals surface area (Å²) >= 11 is 6.23. The summed E-state index contributed by atoms with van der Waals surface area (Å²) < 4.78 is 53.9. The molecule has 0 aliphatic heterocycles. The average molecular weight is 497 g/mol. The summed E-state index contributed by atoms with van der Waals surface area (Å²) in [7, 11) is 1.47. The standard InChI is InChI=1S/C24H24ClF3N2O4/c1-15(31)34-14-23(9-3-4-10-23)30-19-7-6-17(24(26,27)28)12-20(19)29(22(30)32)13-16-5-8-21(33-2)18(25)11-16/h5-8,11-12H,3-4,9-10,13-14H2,1-2H3. The minimum atomic E-state index is -4.57. The molecule has 0 atom stereocenters. The fraction of sp³-hybridized carbons (Fsp3) is 0.417. The smallest absolute Gasteiger partial charge is 0.416 e. The topological polar surface area (TPSA) is 62.5 Å². The third kappa shape index (κ3) is 4.41. The number of alkyl halides is 3. The zero-order valence-corrected chi connectivity index (χ0v) is 19.5. The van der Waals surface area contributed by atoms with E-state index in [1.54, 1.807) is 18.2 Å². The Morgan fingerprint density at radius 3 is 2.41 bits per heavy atom. The molecule has 1 aliphatic rings. The van der Waals surface area contributed by atoms with Crippen LogP contribution in [0.3, 0.4) is 0 Å². The highest BCUT2D eigenvalue weighted by atomic mass is 35.5. The molecule has 1 heterocycles. The van der Waals surface area contributed by atoms with E-state index in [2.05, 4.69) is 0 Å². The first kappa shape index (κ1) is 24.2. The molecule has 0 unspecified atom stereocenters. The number of carbonyl (C=O) groups is 1. The number of aromatic nitrogens is 2. The molecular formula is C24H24ClF3N2O4. The van der Waals surface area contributed by atoms with Gasteiger partial charge in [-0.25, -0.2) is 4.79 Å². The van der Waals surface area contributed by atoms with Crippen LogP contribution in [-0.2, 0) is 27.8 Å². The number of nitrogens with zero attached hydrogens (tertiary/aromatic N) is 2. The number of benzene rings is 2. The van der Waals surface area contributed by atoms with Gasteiger partial charge in [0, 0.05) is 6.92 Å². The van der Waals surface area contributed by atoms with Crippen molar-refractivity contribution in [3.8, 4) is 5.75 Å². The molecule has 0 radical (unpaired) electrons. The Bertz CT molecular complexity index is 1290. The van der Waals surface area contributed by atoms with Crippen LogP contribution in [0, 0.1) is 0 Å². The molecule has 1 aliphatic carbocycles. The molecule has 1 aromatic heterocycles. The van der Waals surface area contributed by atoms with Crippen molar-refractivity contribution in [2.75, 3.05) is 13.7 Å². The third-order valence-corrected chi connectivity index (χ3v) is 6.66. The number of rotatable bonds is 6. The van der Waals surface area contributed by atoms with Gasteiger partial charge in [0.05, 0.1) is 40.8 Å². The highest BCUT2D eigenvalue weighted by Gasteiger charge is 2.41. The Balaban J connectivity index is 1.92. The van der Waals surface area contributed by atoms with Crippen molar-refractivity contribution < 1.29 is 27.4 Å². The van der Waals surface area contributed by atoms with Crippen molar-refractivity contribution in [1.82, 2.24) is 9.13 Å². The molecular weight excluding hydrogens is 473 g/mol. The molecule has 0 N–H and O–H groups in total. The fourth-order valence-corrected chi connectivity index (χ4v) is 5.02. The highest BCUT2D eigenvalue weighted by molar-refractivity contribution is 6.32. The van der Waals surface area contributed by atoms with Crippen molar-refractivity contribution in [2.24, 2.45) is 0 Å². The second kappa shape index (κ2) is 9.02. The van der Waals surface area contributed by atoms with Crippen molar-refractivity contribution in [3.63, 3.8) is 0 Å². The Hall–Kier alpha value is -2.94. The van der Waals surface area contributed by atoms with Gasteiger partial charge in [-0.3, -0.25) is 13.9 Å². The minimum absolute atomic E-state index is 0.0109. The van der Waals surface area contributed by atoms with E-state index in [0.717, 1.165) is 25.0 Å². The van der Waals surface area contributed by atoms with E-state index in [1.165, 1.54) is 29.2 Å². The van der Waals surface area contributed by atoms with Gasteiger partial charge in [-0.1, -0.05) is 30.5 Å². The van der Waals surface area contributed by atoms with Crippen molar-refractivity contribution >= 4 is 28.6 Å².